The smallest absolute Gasteiger partial charge is 0.246 e. The molecule has 1 unspecified atom stereocenters. The Kier molecular flexibility index (Phi) is 4.22. The van der Waals surface area contributed by atoms with Gasteiger partial charge >= 0.3 is 0 Å². The Labute approximate surface area is 114 Å². The van der Waals surface area contributed by atoms with Crippen LogP contribution >= 0.6 is 0 Å². The molecule has 1 aliphatic rings. The zero-order chi connectivity index (χ0) is 13.9. The van der Waals surface area contributed by atoms with Gasteiger partial charge in [0.2, 0.25) is 5.91 Å². The van der Waals surface area contributed by atoms with Crippen LogP contribution in [0.5, 0.6) is 0 Å². The summed E-state index contributed by atoms with van der Waals surface area (Å²) < 4.78 is 0. The molecule has 4 nitrogen and oxygen atoms in total. The summed E-state index contributed by atoms with van der Waals surface area (Å²) in [5.74, 6) is 0.292. The van der Waals surface area contributed by atoms with Gasteiger partial charge in [0.25, 0.3) is 0 Å². The topological polar surface area (TPSA) is 66.6 Å². The average molecular weight is 262 g/mol. The number of piperidine rings is 1. The molecule has 0 spiro atoms. The molecular formula is C15H22N2O2. The van der Waals surface area contributed by atoms with Crippen molar-refractivity contribution in [1.29, 1.82) is 0 Å². The van der Waals surface area contributed by atoms with E-state index < -0.39 is 5.54 Å². The van der Waals surface area contributed by atoms with E-state index in [9.17, 15) is 4.79 Å². The van der Waals surface area contributed by atoms with Crippen LogP contribution in [-0.4, -0.2) is 35.6 Å². The Morgan fingerprint density at radius 2 is 1.95 bits per heavy atom. The quantitative estimate of drug-likeness (QED) is 0.857. The largest absolute Gasteiger partial charge is 0.396 e. The Morgan fingerprint density at radius 3 is 2.47 bits per heavy atom. The van der Waals surface area contributed by atoms with Gasteiger partial charge in [-0.1, -0.05) is 30.3 Å². The first kappa shape index (κ1) is 14.0. The molecular weight excluding hydrogens is 240 g/mol. The molecule has 1 aromatic rings. The summed E-state index contributed by atoms with van der Waals surface area (Å²) in [4.78, 5) is 14.4. The van der Waals surface area contributed by atoms with E-state index >= 15 is 0 Å². The molecule has 1 atom stereocenters. The number of benzene rings is 1. The van der Waals surface area contributed by atoms with E-state index in [2.05, 4.69) is 0 Å². The van der Waals surface area contributed by atoms with Crippen molar-refractivity contribution in [3.05, 3.63) is 35.9 Å². The van der Waals surface area contributed by atoms with Crippen LogP contribution in [0.1, 0.15) is 25.3 Å². The van der Waals surface area contributed by atoms with Crippen molar-refractivity contribution < 1.29 is 9.90 Å². The number of nitrogens with zero attached hydrogens (tertiary/aromatic N) is 1. The van der Waals surface area contributed by atoms with Crippen molar-refractivity contribution >= 4 is 5.91 Å². The second kappa shape index (κ2) is 5.72. The van der Waals surface area contributed by atoms with E-state index in [-0.39, 0.29) is 12.5 Å². The number of hydrogen-bond acceptors (Lipinski definition) is 3. The van der Waals surface area contributed by atoms with Gasteiger partial charge in [-0.2, -0.15) is 0 Å². The third-order valence-corrected chi connectivity index (χ3v) is 3.98. The van der Waals surface area contributed by atoms with Gasteiger partial charge < -0.3 is 15.7 Å². The molecule has 19 heavy (non-hydrogen) atoms. The lowest BCUT2D eigenvalue weighted by Crippen LogP contribution is -2.53. The van der Waals surface area contributed by atoms with Gasteiger partial charge in [-0.05, 0) is 31.2 Å². The minimum atomic E-state index is -0.979. The lowest BCUT2D eigenvalue weighted by atomic mass is 9.89. The monoisotopic (exact) mass is 262 g/mol. The first-order valence-corrected chi connectivity index (χ1v) is 6.80. The molecule has 2 rings (SSSR count). The highest BCUT2D eigenvalue weighted by atomic mass is 16.3. The zero-order valence-corrected chi connectivity index (χ0v) is 11.4. The number of rotatable bonds is 3. The summed E-state index contributed by atoms with van der Waals surface area (Å²) in [6.45, 7) is 3.34. The van der Waals surface area contributed by atoms with E-state index in [1.807, 2.05) is 35.2 Å². The molecule has 1 fully saturated rings. The van der Waals surface area contributed by atoms with Gasteiger partial charge in [-0.15, -0.1) is 0 Å². The van der Waals surface area contributed by atoms with Gasteiger partial charge in [-0.3, -0.25) is 4.79 Å². The first-order chi connectivity index (χ1) is 9.05. The molecule has 1 aliphatic heterocycles. The van der Waals surface area contributed by atoms with E-state index in [0.29, 0.717) is 19.0 Å². The third kappa shape index (κ3) is 2.96. The van der Waals surface area contributed by atoms with Crippen LogP contribution < -0.4 is 5.73 Å². The Bertz CT molecular complexity index is 423. The summed E-state index contributed by atoms with van der Waals surface area (Å²) in [6, 6.07) is 9.48. The molecule has 0 bridgehead atoms. The maximum atomic E-state index is 12.6. The highest BCUT2D eigenvalue weighted by Crippen LogP contribution is 2.24. The van der Waals surface area contributed by atoms with Crippen molar-refractivity contribution in [1.82, 2.24) is 4.90 Å². The van der Waals surface area contributed by atoms with Crippen LogP contribution in [0, 0.1) is 5.92 Å². The van der Waals surface area contributed by atoms with Gasteiger partial charge in [0.05, 0.1) is 0 Å². The maximum Gasteiger partial charge on any atom is 0.246 e. The van der Waals surface area contributed by atoms with Crippen molar-refractivity contribution in [2.45, 2.75) is 25.3 Å². The second-order valence-electron chi connectivity index (χ2n) is 5.49. The number of hydrogen-bond donors (Lipinski definition) is 2. The molecule has 104 valence electrons. The lowest BCUT2D eigenvalue weighted by Gasteiger charge is -2.36. The van der Waals surface area contributed by atoms with Gasteiger partial charge in [-0.25, -0.2) is 0 Å². The molecule has 1 saturated heterocycles. The van der Waals surface area contributed by atoms with Gasteiger partial charge in [0.1, 0.15) is 5.54 Å². The maximum absolute atomic E-state index is 12.6. The minimum absolute atomic E-state index is 0.0323. The van der Waals surface area contributed by atoms with E-state index in [0.717, 1.165) is 18.4 Å². The average Bonchev–Trinajstić information content (AvgIpc) is 2.47. The normalized spacial score (nSPS) is 20.1. The number of amides is 1. The Hall–Kier alpha value is -1.39. The zero-order valence-electron chi connectivity index (χ0n) is 11.4. The van der Waals surface area contributed by atoms with E-state index in [1.165, 1.54) is 0 Å². The van der Waals surface area contributed by atoms with Crippen LogP contribution in [0.3, 0.4) is 0 Å². The third-order valence-electron chi connectivity index (χ3n) is 3.98. The molecule has 0 saturated carbocycles. The van der Waals surface area contributed by atoms with Crippen LogP contribution in [0.4, 0.5) is 0 Å². The van der Waals surface area contributed by atoms with Crippen molar-refractivity contribution in [2.75, 3.05) is 19.7 Å². The number of carbonyl (C=O) groups is 1. The standard InChI is InChI=1S/C15H22N2O2/c1-15(16,13-5-3-2-4-6-13)14(19)17-9-7-12(11-18)8-10-17/h2-6,12,18H,7-11,16H2,1H3. The van der Waals surface area contributed by atoms with Crippen LogP contribution in [0.25, 0.3) is 0 Å². The predicted molar refractivity (Wildman–Crippen MR) is 74.4 cm³/mol. The number of likely N-dealkylation sites (tertiary alicyclic amines) is 1. The first-order valence-electron chi connectivity index (χ1n) is 6.80. The van der Waals surface area contributed by atoms with Gasteiger partial charge in [0, 0.05) is 19.7 Å². The van der Waals surface area contributed by atoms with Crippen LogP contribution in [0.2, 0.25) is 0 Å². The Morgan fingerprint density at radius 1 is 1.37 bits per heavy atom. The second-order valence-corrected chi connectivity index (χ2v) is 5.49. The van der Waals surface area contributed by atoms with Crippen molar-refractivity contribution in [2.24, 2.45) is 11.7 Å². The number of aliphatic hydroxyl groups is 1. The molecule has 1 heterocycles. The van der Waals surface area contributed by atoms with Gasteiger partial charge in [0.15, 0.2) is 0 Å². The fraction of sp³-hybridized carbons (Fsp3) is 0.533. The molecule has 4 heteroatoms. The molecule has 1 aromatic carbocycles. The summed E-state index contributed by atoms with van der Waals surface area (Å²) in [6.07, 6.45) is 1.71. The summed E-state index contributed by atoms with van der Waals surface area (Å²) >= 11 is 0. The highest BCUT2D eigenvalue weighted by molar-refractivity contribution is 5.87. The lowest BCUT2D eigenvalue weighted by molar-refractivity contribution is -0.138. The minimum Gasteiger partial charge on any atom is -0.396 e. The van der Waals surface area contributed by atoms with E-state index in [4.69, 9.17) is 10.8 Å². The molecule has 0 radical (unpaired) electrons. The summed E-state index contributed by atoms with van der Waals surface area (Å²) in [7, 11) is 0. The predicted octanol–water partition coefficient (Wildman–Crippen LogP) is 1.09. The summed E-state index contributed by atoms with van der Waals surface area (Å²) in [5, 5.41) is 9.13. The highest BCUT2D eigenvalue weighted by Gasteiger charge is 2.35. The number of nitrogens with two attached hydrogens (primary N) is 1. The van der Waals surface area contributed by atoms with Crippen LogP contribution in [0.15, 0.2) is 30.3 Å². The van der Waals surface area contributed by atoms with E-state index in [1.54, 1.807) is 6.92 Å². The molecule has 3 N–H and O–H groups in total. The fourth-order valence-electron chi connectivity index (χ4n) is 2.55. The number of aliphatic hydroxyl groups excluding tert-OH is 1. The molecule has 0 aliphatic carbocycles. The number of carbonyl (C=O) groups excluding carboxylic acids is 1. The molecule has 1 amide bonds. The van der Waals surface area contributed by atoms with Crippen molar-refractivity contribution in [3.63, 3.8) is 0 Å². The van der Waals surface area contributed by atoms with Crippen molar-refractivity contribution in [3.8, 4) is 0 Å². The summed E-state index contributed by atoms with van der Waals surface area (Å²) in [5.41, 5.74) is 6.10. The fourth-order valence-corrected chi connectivity index (χ4v) is 2.55. The van der Waals surface area contributed by atoms with Crippen LogP contribution in [-0.2, 0) is 10.3 Å². The Balaban J connectivity index is 2.07. The molecule has 0 aromatic heterocycles. The SMILES string of the molecule is CC(N)(C(=O)N1CCC(CO)CC1)c1ccccc1.